The van der Waals surface area contributed by atoms with Crippen LogP contribution >= 0.6 is 0 Å². The molecule has 1 unspecified atom stereocenters. The smallest absolute Gasteiger partial charge is 0.338 e. The number of pyridine rings is 1. The Morgan fingerprint density at radius 1 is 1.04 bits per heavy atom. The predicted molar refractivity (Wildman–Crippen MR) is 109 cm³/mol. The van der Waals surface area contributed by atoms with Gasteiger partial charge in [-0.1, -0.05) is 18.2 Å². The molecule has 140 valence electrons. The van der Waals surface area contributed by atoms with E-state index in [1.165, 1.54) is 0 Å². The average Bonchev–Trinajstić information content (AvgIpc) is 3.05. The molecule has 0 aliphatic heterocycles. The van der Waals surface area contributed by atoms with Gasteiger partial charge in [0.25, 0.3) is 0 Å². The first-order valence-electron chi connectivity index (χ1n) is 9.20. The highest BCUT2D eigenvalue weighted by Crippen LogP contribution is 2.22. The van der Waals surface area contributed by atoms with Crippen LogP contribution in [0.2, 0.25) is 0 Å². The molecule has 28 heavy (non-hydrogen) atoms. The maximum Gasteiger partial charge on any atom is 0.338 e. The molecule has 0 spiro atoms. The Balaban J connectivity index is 1.50. The fourth-order valence-corrected chi connectivity index (χ4v) is 3.24. The SMILES string of the molecule is Cc1cc(C)n(-c2ccc(C(=O)OC(C)c3cnc4ccccc4c3)cc2)n1. The van der Waals surface area contributed by atoms with E-state index in [1.807, 2.05) is 74.0 Å². The monoisotopic (exact) mass is 371 g/mol. The predicted octanol–water partition coefficient (Wildman–Crippen LogP) is 4.96. The average molecular weight is 371 g/mol. The van der Waals surface area contributed by atoms with Crippen molar-refractivity contribution in [3.8, 4) is 5.69 Å². The van der Waals surface area contributed by atoms with Crippen LogP contribution in [0.15, 0.2) is 66.9 Å². The van der Waals surface area contributed by atoms with Crippen LogP contribution in [0.25, 0.3) is 16.6 Å². The molecule has 2 heterocycles. The maximum atomic E-state index is 12.5. The van der Waals surface area contributed by atoms with Crippen LogP contribution in [-0.2, 0) is 4.74 Å². The lowest BCUT2D eigenvalue weighted by Crippen LogP contribution is -2.10. The lowest BCUT2D eigenvalue weighted by Gasteiger charge is -2.14. The molecule has 1 atom stereocenters. The van der Waals surface area contributed by atoms with Crippen molar-refractivity contribution in [1.29, 1.82) is 0 Å². The molecule has 0 aliphatic rings. The number of rotatable bonds is 4. The number of aryl methyl sites for hydroxylation is 2. The van der Waals surface area contributed by atoms with E-state index < -0.39 is 0 Å². The summed E-state index contributed by atoms with van der Waals surface area (Å²) in [4.78, 5) is 17.0. The standard InChI is InChI=1S/C23H21N3O2/c1-15-12-16(2)26(25-15)21-10-8-18(9-11-21)23(27)28-17(3)20-13-19-6-4-5-7-22(19)24-14-20/h4-14,17H,1-3H3. The summed E-state index contributed by atoms with van der Waals surface area (Å²) >= 11 is 0. The molecule has 4 rings (SSSR count). The quantitative estimate of drug-likeness (QED) is 0.476. The van der Waals surface area contributed by atoms with E-state index in [0.717, 1.165) is 33.5 Å². The number of hydrogen-bond acceptors (Lipinski definition) is 4. The van der Waals surface area contributed by atoms with Crippen molar-refractivity contribution >= 4 is 16.9 Å². The maximum absolute atomic E-state index is 12.5. The van der Waals surface area contributed by atoms with Gasteiger partial charge < -0.3 is 4.74 Å². The number of benzene rings is 2. The number of carbonyl (C=O) groups is 1. The Bertz CT molecular complexity index is 1150. The Labute approximate surface area is 163 Å². The zero-order valence-corrected chi connectivity index (χ0v) is 16.1. The van der Waals surface area contributed by atoms with Crippen LogP contribution in [0.3, 0.4) is 0 Å². The van der Waals surface area contributed by atoms with E-state index in [0.29, 0.717) is 5.56 Å². The molecule has 2 aromatic heterocycles. The number of carbonyl (C=O) groups excluding carboxylic acids is 1. The van der Waals surface area contributed by atoms with Crippen LogP contribution in [0.4, 0.5) is 0 Å². The van der Waals surface area contributed by atoms with Crippen molar-refractivity contribution in [2.75, 3.05) is 0 Å². The Morgan fingerprint density at radius 3 is 2.50 bits per heavy atom. The van der Waals surface area contributed by atoms with Gasteiger partial charge in [0.2, 0.25) is 0 Å². The van der Waals surface area contributed by atoms with Crippen LogP contribution in [0, 0.1) is 13.8 Å². The summed E-state index contributed by atoms with van der Waals surface area (Å²) in [5.41, 5.74) is 5.21. The molecule has 0 saturated carbocycles. The molecule has 0 bridgehead atoms. The zero-order valence-electron chi connectivity index (χ0n) is 16.1. The van der Waals surface area contributed by atoms with Gasteiger partial charge in [0.15, 0.2) is 0 Å². The second kappa shape index (κ2) is 7.27. The minimum atomic E-state index is -0.389. The summed E-state index contributed by atoms with van der Waals surface area (Å²) in [5, 5.41) is 5.49. The van der Waals surface area contributed by atoms with Gasteiger partial charge in [-0.05, 0) is 63.2 Å². The van der Waals surface area contributed by atoms with E-state index in [4.69, 9.17) is 4.74 Å². The third-order valence-electron chi connectivity index (χ3n) is 4.72. The van der Waals surface area contributed by atoms with E-state index in [2.05, 4.69) is 10.1 Å². The van der Waals surface area contributed by atoms with Crippen molar-refractivity contribution < 1.29 is 9.53 Å². The molecule has 2 aromatic carbocycles. The Morgan fingerprint density at radius 2 is 1.79 bits per heavy atom. The minimum absolute atomic E-state index is 0.361. The Hall–Kier alpha value is -3.47. The number of esters is 1. The van der Waals surface area contributed by atoms with Crippen molar-refractivity contribution in [1.82, 2.24) is 14.8 Å². The van der Waals surface area contributed by atoms with Crippen LogP contribution in [0.1, 0.15) is 40.3 Å². The van der Waals surface area contributed by atoms with Gasteiger partial charge in [-0.3, -0.25) is 4.98 Å². The fraction of sp³-hybridized carbons (Fsp3) is 0.174. The molecule has 0 N–H and O–H groups in total. The summed E-state index contributed by atoms with van der Waals surface area (Å²) in [5.74, 6) is -0.361. The second-order valence-corrected chi connectivity index (χ2v) is 6.89. The summed E-state index contributed by atoms with van der Waals surface area (Å²) in [6.07, 6.45) is 1.37. The van der Waals surface area contributed by atoms with Crippen molar-refractivity contribution in [3.05, 3.63) is 89.4 Å². The summed E-state index contributed by atoms with van der Waals surface area (Å²) in [7, 11) is 0. The van der Waals surface area contributed by atoms with Crippen molar-refractivity contribution in [2.45, 2.75) is 26.9 Å². The highest BCUT2D eigenvalue weighted by atomic mass is 16.5. The third kappa shape index (κ3) is 3.51. The first-order chi connectivity index (χ1) is 13.5. The summed E-state index contributed by atoms with van der Waals surface area (Å²) < 4.78 is 7.50. The van der Waals surface area contributed by atoms with Gasteiger partial charge in [-0.15, -0.1) is 0 Å². The van der Waals surface area contributed by atoms with E-state index in [-0.39, 0.29) is 12.1 Å². The zero-order chi connectivity index (χ0) is 19.7. The normalized spacial score (nSPS) is 12.1. The van der Waals surface area contributed by atoms with Gasteiger partial charge in [0, 0.05) is 22.8 Å². The van der Waals surface area contributed by atoms with Crippen molar-refractivity contribution in [2.24, 2.45) is 0 Å². The number of aromatic nitrogens is 3. The molecule has 0 amide bonds. The molecule has 0 fully saturated rings. The first kappa shape index (κ1) is 17.9. The molecule has 0 saturated heterocycles. The lowest BCUT2D eigenvalue weighted by molar-refractivity contribution is 0.0337. The van der Waals surface area contributed by atoms with Gasteiger partial charge in [0.1, 0.15) is 6.10 Å². The molecular formula is C23H21N3O2. The number of para-hydroxylation sites is 1. The summed E-state index contributed by atoms with van der Waals surface area (Å²) in [6.45, 7) is 5.81. The van der Waals surface area contributed by atoms with E-state index in [9.17, 15) is 4.79 Å². The second-order valence-electron chi connectivity index (χ2n) is 6.89. The molecular weight excluding hydrogens is 350 g/mol. The lowest BCUT2D eigenvalue weighted by atomic mass is 10.1. The largest absolute Gasteiger partial charge is 0.454 e. The van der Waals surface area contributed by atoms with Gasteiger partial charge >= 0.3 is 5.97 Å². The highest BCUT2D eigenvalue weighted by molar-refractivity contribution is 5.89. The minimum Gasteiger partial charge on any atom is -0.454 e. The van der Waals surface area contributed by atoms with E-state index in [1.54, 1.807) is 18.3 Å². The number of fused-ring (bicyclic) bond motifs is 1. The molecule has 0 radical (unpaired) electrons. The number of ether oxygens (including phenoxy) is 1. The van der Waals surface area contributed by atoms with Crippen LogP contribution in [-0.4, -0.2) is 20.7 Å². The number of nitrogens with zero attached hydrogens (tertiary/aromatic N) is 3. The van der Waals surface area contributed by atoms with Crippen molar-refractivity contribution in [3.63, 3.8) is 0 Å². The van der Waals surface area contributed by atoms with E-state index >= 15 is 0 Å². The fourth-order valence-electron chi connectivity index (χ4n) is 3.24. The highest BCUT2D eigenvalue weighted by Gasteiger charge is 2.15. The molecule has 5 heteroatoms. The molecule has 0 aliphatic carbocycles. The molecule has 5 nitrogen and oxygen atoms in total. The third-order valence-corrected chi connectivity index (χ3v) is 4.72. The Kier molecular flexibility index (Phi) is 4.65. The summed E-state index contributed by atoms with van der Waals surface area (Å²) in [6, 6.07) is 19.2. The van der Waals surface area contributed by atoms with Crippen LogP contribution < -0.4 is 0 Å². The molecule has 4 aromatic rings. The first-order valence-corrected chi connectivity index (χ1v) is 9.20. The topological polar surface area (TPSA) is 57.0 Å². The van der Waals surface area contributed by atoms with Crippen LogP contribution in [0.5, 0.6) is 0 Å². The number of hydrogen-bond donors (Lipinski definition) is 0. The van der Waals surface area contributed by atoms with Gasteiger partial charge in [-0.25, -0.2) is 9.48 Å². The van der Waals surface area contributed by atoms with Gasteiger partial charge in [0.05, 0.1) is 22.5 Å². The van der Waals surface area contributed by atoms with Gasteiger partial charge in [-0.2, -0.15) is 5.10 Å².